The largest absolute Gasteiger partial charge is 0.340 e. The lowest BCUT2D eigenvalue weighted by molar-refractivity contribution is -0.134. The summed E-state index contributed by atoms with van der Waals surface area (Å²) >= 11 is 0. The first-order valence-corrected chi connectivity index (χ1v) is 8.20. The molecule has 2 aromatic rings. The third-order valence-corrected chi connectivity index (χ3v) is 4.65. The summed E-state index contributed by atoms with van der Waals surface area (Å²) in [4.78, 5) is 35.8. The molecule has 1 N–H and O–H groups in total. The van der Waals surface area contributed by atoms with Crippen molar-refractivity contribution in [2.24, 2.45) is 5.92 Å². The Labute approximate surface area is 134 Å². The highest BCUT2D eigenvalue weighted by Gasteiger charge is 2.34. The van der Waals surface area contributed by atoms with E-state index < -0.39 is 0 Å². The van der Waals surface area contributed by atoms with Gasteiger partial charge in [0.25, 0.3) is 5.56 Å². The molecule has 0 atom stereocenters. The number of amides is 1. The van der Waals surface area contributed by atoms with Crippen molar-refractivity contribution in [3.63, 3.8) is 0 Å². The second kappa shape index (κ2) is 5.77. The molecule has 1 aromatic heterocycles. The van der Waals surface area contributed by atoms with Crippen molar-refractivity contribution in [2.45, 2.75) is 19.4 Å². The maximum Gasteiger partial charge on any atom is 0.258 e. The molecular formula is C17H20N4O2. The summed E-state index contributed by atoms with van der Waals surface area (Å²) in [7, 11) is 0. The van der Waals surface area contributed by atoms with Gasteiger partial charge in [-0.2, -0.15) is 0 Å². The van der Waals surface area contributed by atoms with Crippen LogP contribution in [0.1, 0.15) is 18.7 Å². The van der Waals surface area contributed by atoms with E-state index >= 15 is 0 Å². The van der Waals surface area contributed by atoms with Gasteiger partial charge in [0, 0.05) is 32.1 Å². The molecule has 1 aliphatic heterocycles. The summed E-state index contributed by atoms with van der Waals surface area (Å²) in [5.74, 6) is 1.30. The van der Waals surface area contributed by atoms with Gasteiger partial charge in [-0.3, -0.25) is 14.5 Å². The monoisotopic (exact) mass is 312 g/mol. The van der Waals surface area contributed by atoms with E-state index in [4.69, 9.17) is 0 Å². The van der Waals surface area contributed by atoms with Gasteiger partial charge in [0.15, 0.2) is 0 Å². The highest BCUT2D eigenvalue weighted by Crippen LogP contribution is 2.31. The predicted octanol–water partition coefficient (Wildman–Crippen LogP) is 0.977. The van der Waals surface area contributed by atoms with Crippen LogP contribution in [0.15, 0.2) is 29.1 Å². The van der Waals surface area contributed by atoms with E-state index in [0.29, 0.717) is 29.6 Å². The molecule has 1 saturated heterocycles. The standard InChI is InChI=1S/C17H20N4O2/c22-16-13-3-1-2-4-14(13)18-15(19-16)11-20-7-9-21(10-8-20)17(23)12-5-6-12/h1-4,12H,5-11H2,(H,18,19,22). The molecule has 1 aromatic carbocycles. The van der Waals surface area contributed by atoms with E-state index in [2.05, 4.69) is 14.9 Å². The van der Waals surface area contributed by atoms with Crippen LogP contribution in [0.5, 0.6) is 0 Å². The molecule has 0 unspecified atom stereocenters. The Morgan fingerprint density at radius 1 is 1.17 bits per heavy atom. The van der Waals surface area contributed by atoms with Crippen LogP contribution in [0.25, 0.3) is 10.9 Å². The van der Waals surface area contributed by atoms with E-state index in [9.17, 15) is 9.59 Å². The lowest BCUT2D eigenvalue weighted by atomic mass is 10.2. The molecule has 2 aliphatic rings. The van der Waals surface area contributed by atoms with Crippen molar-refractivity contribution in [2.75, 3.05) is 26.2 Å². The normalized spacial score (nSPS) is 19.2. The van der Waals surface area contributed by atoms with Crippen LogP contribution in [0.4, 0.5) is 0 Å². The second-order valence-electron chi connectivity index (χ2n) is 6.41. The zero-order valence-electron chi connectivity index (χ0n) is 13.0. The fourth-order valence-corrected chi connectivity index (χ4v) is 3.14. The number of hydrogen-bond donors (Lipinski definition) is 1. The van der Waals surface area contributed by atoms with E-state index in [-0.39, 0.29) is 5.56 Å². The van der Waals surface area contributed by atoms with Gasteiger partial charge in [0.05, 0.1) is 17.4 Å². The summed E-state index contributed by atoms with van der Waals surface area (Å²) in [6.45, 7) is 3.82. The van der Waals surface area contributed by atoms with Crippen molar-refractivity contribution in [3.05, 3.63) is 40.4 Å². The fourth-order valence-electron chi connectivity index (χ4n) is 3.14. The summed E-state index contributed by atoms with van der Waals surface area (Å²) in [5.41, 5.74) is 0.641. The number of fused-ring (bicyclic) bond motifs is 1. The lowest BCUT2D eigenvalue weighted by Crippen LogP contribution is -2.49. The Morgan fingerprint density at radius 3 is 2.65 bits per heavy atom. The molecule has 2 fully saturated rings. The summed E-state index contributed by atoms with van der Waals surface area (Å²) in [6.07, 6.45) is 2.11. The molecule has 2 heterocycles. The Hall–Kier alpha value is -2.21. The number of piperazine rings is 1. The van der Waals surface area contributed by atoms with Gasteiger partial charge < -0.3 is 9.88 Å². The molecule has 0 spiro atoms. The minimum Gasteiger partial charge on any atom is -0.340 e. The summed E-state index contributed by atoms with van der Waals surface area (Å²) < 4.78 is 0. The van der Waals surface area contributed by atoms with E-state index in [0.717, 1.165) is 44.5 Å². The van der Waals surface area contributed by atoms with Gasteiger partial charge in [0.2, 0.25) is 5.91 Å². The van der Waals surface area contributed by atoms with Crippen LogP contribution >= 0.6 is 0 Å². The summed E-state index contributed by atoms with van der Waals surface area (Å²) in [6, 6.07) is 7.38. The molecule has 1 aliphatic carbocycles. The number of aromatic nitrogens is 2. The van der Waals surface area contributed by atoms with Gasteiger partial charge in [-0.15, -0.1) is 0 Å². The molecule has 1 amide bonds. The maximum absolute atomic E-state index is 12.1. The van der Waals surface area contributed by atoms with Gasteiger partial charge in [-0.1, -0.05) is 12.1 Å². The number of H-pyrrole nitrogens is 1. The zero-order valence-corrected chi connectivity index (χ0v) is 13.0. The van der Waals surface area contributed by atoms with Crippen LogP contribution < -0.4 is 5.56 Å². The highest BCUT2D eigenvalue weighted by atomic mass is 16.2. The number of nitrogens with one attached hydrogen (secondary N) is 1. The molecule has 23 heavy (non-hydrogen) atoms. The topological polar surface area (TPSA) is 69.3 Å². The van der Waals surface area contributed by atoms with Gasteiger partial charge in [0.1, 0.15) is 5.82 Å². The van der Waals surface area contributed by atoms with E-state index in [1.54, 1.807) is 6.07 Å². The molecule has 4 rings (SSSR count). The maximum atomic E-state index is 12.1. The van der Waals surface area contributed by atoms with Crippen molar-refractivity contribution in [1.82, 2.24) is 19.8 Å². The van der Waals surface area contributed by atoms with Crippen LogP contribution in [-0.2, 0) is 11.3 Å². The van der Waals surface area contributed by atoms with E-state index in [1.165, 1.54) is 0 Å². The number of nitrogens with zero attached hydrogens (tertiary/aromatic N) is 3. The van der Waals surface area contributed by atoms with Crippen molar-refractivity contribution >= 4 is 16.8 Å². The van der Waals surface area contributed by atoms with Crippen molar-refractivity contribution in [3.8, 4) is 0 Å². The minimum absolute atomic E-state index is 0.0897. The van der Waals surface area contributed by atoms with E-state index in [1.807, 2.05) is 23.1 Å². The molecule has 120 valence electrons. The van der Waals surface area contributed by atoms with Crippen LogP contribution in [-0.4, -0.2) is 51.9 Å². The number of carbonyl (C=O) groups excluding carboxylic acids is 1. The average Bonchev–Trinajstić information content (AvgIpc) is 3.40. The molecule has 0 bridgehead atoms. The van der Waals surface area contributed by atoms with Gasteiger partial charge in [-0.25, -0.2) is 4.98 Å². The van der Waals surface area contributed by atoms with Gasteiger partial charge in [-0.05, 0) is 25.0 Å². The first-order valence-electron chi connectivity index (χ1n) is 8.20. The quantitative estimate of drug-likeness (QED) is 0.917. The smallest absolute Gasteiger partial charge is 0.258 e. The predicted molar refractivity (Wildman–Crippen MR) is 86.9 cm³/mol. The number of aromatic amines is 1. The van der Waals surface area contributed by atoms with Crippen molar-refractivity contribution in [1.29, 1.82) is 0 Å². The third kappa shape index (κ3) is 2.99. The minimum atomic E-state index is -0.0897. The van der Waals surface area contributed by atoms with Crippen LogP contribution in [0, 0.1) is 5.92 Å². The lowest BCUT2D eigenvalue weighted by Gasteiger charge is -2.34. The third-order valence-electron chi connectivity index (χ3n) is 4.65. The Bertz CT molecular complexity index is 789. The molecule has 0 radical (unpaired) electrons. The number of hydrogen-bond acceptors (Lipinski definition) is 4. The summed E-state index contributed by atoms with van der Waals surface area (Å²) in [5, 5.41) is 0.621. The Kier molecular flexibility index (Phi) is 3.61. The Balaban J connectivity index is 1.43. The molecular weight excluding hydrogens is 292 g/mol. The highest BCUT2D eigenvalue weighted by molar-refractivity contribution is 5.81. The number of rotatable bonds is 3. The molecule has 6 heteroatoms. The number of carbonyl (C=O) groups is 1. The SMILES string of the molecule is O=C(C1CC1)N1CCN(Cc2nc3ccccc3c(=O)[nH]2)CC1. The molecule has 6 nitrogen and oxygen atoms in total. The van der Waals surface area contributed by atoms with Crippen LogP contribution in [0.2, 0.25) is 0 Å². The van der Waals surface area contributed by atoms with Gasteiger partial charge >= 0.3 is 0 Å². The number of para-hydroxylation sites is 1. The number of benzene rings is 1. The second-order valence-corrected chi connectivity index (χ2v) is 6.41. The Morgan fingerprint density at radius 2 is 1.91 bits per heavy atom. The first kappa shape index (κ1) is 14.4. The van der Waals surface area contributed by atoms with Crippen molar-refractivity contribution < 1.29 is 4.79 Å². The fraction of sp³-hybridized carbons (Fsp3) is 0.471. The van der Waals surface area contributed by atoms with Crippen LogP contribution in [0.3, 0.4) is 0 Å². The first-order chi connectivity index (χ1) is 11.2. The molecule has 1 saturated carbocycles. The average molecular weight is 312 g/mol. The zero-order chi connectivity index (χ0) is 15.8.